The average Bonchev–Trinajstić information content (AvgIpc) is 3.27. The first-order chi connectivity index (χ1) is 13.5. The third kappa shape index (κ3) is 2.52. The second-order valence-electron chi connectivity index (χ2n) is 7.58. The van der Waals surface area contributed by atoms with Crippen LogP contribution in [0.4, 0.5) is 11.7 Å². The molecule has 0 N–H and O–H groups in total. The quantitative estimate of drug-likeness (QED) is 0.542. The average molecular weight is 376 g/mol. The maximum Gasteiger partial charge on any atom is 0.297 e. The molecule has 0 saturated carbocycles. The van der Waals surface area contributed by atoms with Crippen LogP contribution in [0.15, 0.2) is 40.8 Å². The molecule has 0 amide bonds. The molecule has 0 spiro atoms. The van der Waals surface area contributed by atoms with Gasteiger partial charge in [-0.25, -0.2) is 0 Å². The van der Waals surface area contributed by atoms with Crippen molar-refractivity contribution in [1.82, 2.24) is 9.55 Å². The molecule has 1 aliphatic rings. The molecule has 0 bridgehead atoms. The van der Waals surface area contributed by atoms with Gasteiger partial charge in [0.2, 0.25) is 0 Å². The summed E-state index contributed by atoms with van der Waals surface area (Å²) in [6, 6.07) is 13.3. The Kier molecular flexibility index (Phi) is 3.75. The van der Waals surface area contributed by atoms with Crippen molar-refractivity contribution in [2.75, 3.05) is 37.5 Å². The van der Waals surface area contributed by atoms with Gasteiger partial charge in [0.05, 0.1) is 7.11 Å². The largest absolute Gasteiger partial charge is 0.497 e. The summed E-state index contributed by atoms with van der Waals surface area (Å²) in [5, 5.41) is 1.28. The number of oxazole rings is 1. The molecule has 2 aromatic heterocycles. The smallest absolute Gasteiger partial charge is 0.297 e. The lowest BCUT2D eigenvalue weighted by Crippen LogP contribution is -2.30. The Morgan fingerprint density at radius 2 is 2.00 bits per heavy atom. The SMILES string of the molecule is COc1ccc2c(c1)c1c(n2C)CCN(c2ccc3nc(N(C)C)oc3c2)C1. The second-order valence-corrected chi connectivity index (χ2v) is 7.58. The van der Waals surface area contributed by atoms with E-state index >= 15 is 0 Å². The molecule has 6 heteroatoms. The van der Waals surface area contributed by atoms with Crippen LogP contribution >= 0.6 is 0 Å². The van der Waals surface area contributed by atoms with E-state index in [2.05, 4.69) is 45.8 Å². The number of fused-ring (bicyclic) bond motifs is 4. The van der Waals surface area contributed by atoms with Gasteiger partial charge in [-0.1, -0.05) is 0 Å². The number of hydrogen-bond donors (Lipinski definition) is 0. The van der Waals surface area contributed by atoms with Crippen LogP contribution < -0.4 is 14.5 Å². The third-order valence-electron chi connectivity index (χ3n) is 5.72. The lowest BCUT2D eigenvalue weighted by Gasteiger charge is -2.29. The van der Waals surface area contributed by atoms with Crippen molar-refractivity contribution in [3.8, 4) is 5.75 Å². The van der Waals surface area contributed by atoms with E-state index in [1.54, 1.807) is 7.11 Å². The Hall–Kier alpha value is -3.15. The number of aromatic nitrogens is 2. The van der Waals surface area contributed by atoms with Crippen LogP contribution in [-0.4, -0.2) is 37.3 Å². The molecule has 0 unspecified atom stereocenters. The minimum atomic E-state index is 0.634. The van der Waals surface area contributed by atoms with Gasteiger partial charge in [-0.05, 0) is 30.3 Å². The third-order valence-corrected chi connectivity index (χ3v) is 5.72. The highest BCUT2D eigenvalue weighted by Gasteiger charge is 2.24. The highest BCUT2D eigenvalue weighted by molar-refractivity contribution is 5.88. The molecule has 144 valence electrons. The maximum atomic E-state index is 5.90. The number of rotatable bonds is 3. The summed E-state index contributed by atoms with van der Waals surface area (Å²) in [7, 11) is 7.75. The Balaban J connectivity index is 1.54. The molecule has 0 atom stereocenters. The standard InChI is InChI=1S/C22H24N4O2/c1-24(2)22-23-18-7-5-14(11-21(18)28-22)26-10-9-20-17(13-26)16-12-15(27-4)6-8-19(16)25(20)3/h5-8,11-12H,9-10,13H2,1-4H3. The lowest BCUT2D eigenvalue weighted by molar-refractivity contribution is 0.415. The minimum absolute atomic E-state index is 0.634. The number of hydrogen-bond acceptors (Lipinski definition) is 5. The molecular formula is C22H24N4O2. The summed E-state index contributed by atoms with van der Waals surface area (Å²) >= 11 is 0. The zero-order valence-corrected chi connectivity index (χ0v) is 16.7. The van der Waals surface area contributed by atoms with E-state index in [9.17, 15) is 0 Å². The first kappa shape index (κ1) is 17.0. The van der Waals surface area contributed by atoms with Crippen LogP contribution in [0, 0.1) is 0 Å². The highest BCUT2D eigenvalue weighted by Crippen LogP contribution is 2.35. The zero-order valence-electron chi connectivity index (χ0n) is 16.7. The molecule has 1 aliphatic heterocycles. The molecule has 0 fully saturated rings. The number of benzene rings is 2. The van der Waals surface area contributed by atoms with Gasteiger partial charge in [0, 0.05) is 74.6 Å². The van der Waals surface area contributed by atoms with Gasteiger partial charge < -0.3 is 23.5 Å². The first-order valence-corrected chi connectivity index (χ1v) is 9.52. The molecular weight excluding hydrogens is 352 g/mol. The first-order valence-electron chi connectivity index (χ1n) is 9.52. The van der Waals surface area contributed by atoms with Crippen molar-refractivity contribution in [2.45, 2.75) is 13.0 Å². The van der Waals surface area contributed by atoms with Crippen molar-refractivity contribution in [3.63, 3.8) is 0 Å². The number of methoxy groups -OCH3 is 1. The van der Waals surface area contributed by atoms with Gasteiger partial charge in [0.15, 0.2) is 5.58 Å². The van der Waals surface area contributed by atoms with Crippen molar-refractivity contribution in [3.05, 3.63) is 47.7 Å². The Morgan fingerprint density at radius 1 is 1.14 bits per heavy atom. The molecule has 0 radical (unpaired) electrons. The van der Waals surface area contributed by atoms with E-state index in [0.717, 1.165) is 36.4 Å². The van der Waals surface area contributed by atoms with E-state index < -0.39 is 0 Å². The van der Waals surface area contributed by atoms with E-state index in [1.807, 2.05) is 31.1 Å². The predicted molar refractivity (Wildman–Crippen MR) is 113 cm³/mol. The van der Waals surface area contributed by atoms with Gasteiger partial charge in [-0.3, -0.25) is 0 Å². The zero-order chi connectivity index (χ0) is 19.4. The topological polar surface area (TPSA) is 46.7 Å². The monoisotopic (exact) mass is 376 g/mol. The normalized spacial score (nSPS) is 13.9. The summed E-state index contributed by atoms with van der Waals surface area (Å²) in [6.45, 7) is 1.86. The van der Waals surface area contributed by atoms with Crippen LogP contribution in [0.1, 0.15) is 11.3 Å². The maximum absolute atomic E-state index is 5.90. The fourth-order valence-electron chi connectivity index (χ4n) is 4.19. The Morgan fingerprint density at radius 3 is 2.79 bits per heavy atom. The molecule has 2 aromatic carbocycles. The number of anilines is 2. The number of ether oxygens (including phenoxy) is 1. The van der Waals surface area contributed by atoms with E-state index in [0.29, 0.717) is 6.01 Å². The molecule has 5 rings (SSSR count). The van der Waals surface area contributed by atoms with Gasteiger partial charge in [-0.15, -0.1) is 0 Å². The van der Waals surface area contributed by atoms with Gasteiger partial charge >= 0.3 is 0 Å². The second kappa shape index (κ2) is 6.19. The van der Waals surface area contributed by atoms with Gasteiger partial charge in [-0.2, -0.15) is 4.98 Å². The van der Waals surface area contributed by atoms with Gasteiger partial charge in [0.1, 0.15) is 11.3 Å². The number of aryl methyl sites for hydroxylation is 1. The highest BCUT2D eigenvalue weighted by atomic mass is 16.5. The summed E-state index contributed by atoms with van der Waals surface area (Å²) in [6.07, 6.45) is 1.01. The predicted octanol–water partition coefficient (Wildman–Crippen LogP) is 3.96. The van der Waals surface area contributed by atoms with Crippen molar-refractivity contribution in [2.24, 2.45) is 7.05 Å². The molecule has 4 aromatic rings. The lowest BCUT2D eigenvalue weighted by atomic mass is 10.0. The van der Waals surface area contributed by atoms with Crippen LogP contribution in [0.25, 0.3) is 22.0 Å². The Bertz CT molecular complexity index is 1190. The molecule has 6 nitrogen and oxygen atoms in total. The molecule has 0 aliphatic carbocycles. The summed E-state index contributed by atoms with van der Waals surface area (Å²) < 4.78 is 13.7. The van der Waals surface area contributed by atoms with Gasteiger partial charge in [0.25, 0.3) is 6.01 Å². The molecule has 3 heterocycles. The van der Waals surface area contributed by atoms with Crippen molar-refractivity contribution in [1.29, 1.82) is 0 Å². The van der Waals surface area contributed by atoms with Crippen molar-refractivity contribution >= 4 is 33.7 Å². The minimum Gasteiger partial charge on any atom is -0.497 e. The summed E-state index contributed by atoms with van der Waals surface area (Å²) in [5.74, 6) is 0.900. The van der Waals surface area contributed by atoms with E-state index in [4.69, 9.17) is 9.15 Å². The fourth-order valence-corrected chi connectivity index (χ4v) is 4.19. The van der Waals surface area contributed by atoms with Crippen molar-refractivity contribution < 1.29 is 9.15 Å². The van der Waals surface area contributed by atoms with E-state index in [-0.39, 0.29) is 0 Å². The fraction of sp³-hybridized carbons (Fsp3) is 0.318. The molecule has 0 saturated heterocycles. The summed E-state index contributed by atoms with van der Waals surface area (Å²) in [4.78, 5) is 8.82. The van der Waals surface area contributed by atoms with E-state index in [1.165, 1.54) is 27.8 Å². The summed E-state index contributed by atoms with van der Waals surface area (Å²) in [5.41, 5.74) is 6.93. The van der Waals surface area contributed by atoms with Crippen LogP contribution in [0.2, 0.25) is 0 Å². The van der Waals surface area contributed by atoms with Crippen LogP contribution in [0.5, 0.6) is 5.75 Å². The van der Waals surface area contributed by atoms with Crippen LogP contribution in [0.3, 0.4) is 0 Å². The molecule has 28 heavy (non-hydrogen) atoms. The number of nitrogens with zero attached hydrogens (tertiary/aromatic N) is 4. The van der Waals surface area contributed by atoms with Crippen LogP contribution in [-0.2, 0) is 20.0 Å². The Labute approximate surface area is 163 Å².